The lowest BCUT2D eigenvalue weighted by molar-refractivity contribution is -0.218. The lowest BCUT2D eigenvalue weighted by Gasteiger charge is -2.50. The van der Waals surface area contributed by atoms with Crippen LogP contribution in [0.4, 0.5) is 10.9 Å². The Hall–Kier alpha value is -4.63. The molecule has 2 saturated heterocycles. The van der Waals surface area contributed by atoms with Crippen LogP contribution in [0.15, 0.2) is 40.9 Å². The molecule has 3 aromatic rings. The monoisotopic (exact) mass is 664 g/mol. The first kappa shape index (κ1) is 31.8. The van der Waals surface area contributed by atoms with Gasteiger partial charge in [0, 0.05) is 29.9 Å². The SMILES string of the molecule is CC1(C)[C@H](NC(=O)/C(=N\O[C@@H](COc2ccc3nc(N4CC(N)C4)ccc3c2)C(=O)O)c2csc(N)n2)C(=O)N1OS(=O)(=O)O. The predicted octanol–water partition coefficient (Wildman–Crippen LogP) is -0.486. The molecule has 45 heavy (non-hydrogen) atoms. The number of amides is 2. The topological polar surface area (TPSA) is 262 Å². The summed E-state index contributed by atoms with van der Waals surface area (Å²) in [6.07, 6.45) is -1.68. The minimum atomic E-state index is -5.02. The number of β-lactam (4-membered cyclic amide) rings is 1. The number of fused-ring (bicyclic) bond motifs is 1. The number of carboxylic acid groups (broad SMARTS) is 1. The van der Waals surface area contributed by atoms with Gasteiger partial charge in [-0.2, -0.15) is 13.5 Å². The molecule has 1 aromatic carbocycles. The van der Waals surface area contributed by atoms with E-state index in [9.17, 15) is 27.9 Å². The summed E-state index contributed by atoms with van der Waals surface area (Å²) in [6.45, 7) is 3.66. The Kier molecular flexibility index (Phi) is 8.51. The second-order valence-corrected chi connectivity index (χ2v) is 12.5. The van der Waals surface area contributed by atoms with Crippen LogP contribution in [0.25, 0.3) is 10.9 Å². The third-order valence-corrected chi connectivity index (χ3v) is 7.94. The second kappa shape index (κ2) is 12.0. The summed E-state index contributed by atoms with van der Waals surface area (Å²) >= 11 is 0.958. The minimum Gasteiger partial charge on any atom is -0.489 e. The molecule has 0 bridgehead atoms. The minimum absolute atomic E-state index is 0.0581. The average Bonchev–Trinajstić information content (AvgIpc) is 3.39. The van der Waals surface area contributed by atoms with Gasteiger partial charge in [0.05, 0.1) is 11.1 Å². The number of carbonyl (C=O) groups excluding carboxylic acids is 2. The number of rotatable bonds is 12. The number of oxime groups is 1. The maximum Gasteiger partial charge on any atom is 0.418 e. The van der Waals surface area contributed by atoms with Gasteiger partial charge in [-0.05, 0) is 44.2 Å². The van der Waals surface area contributed by atoms with Crippen molar-refractivity contribution in [3.8, 4) is 5.75 Å². The van der Waals surface area contributed by atoms with Gasteiger partial charge in [0.1, 0.15) is 29.9 Å². The largest absolute Gasteiger partial charge is 0.489 e. The standard InChI is InChI=1S/C25H28N8O10S2/c1-25(2)20(22(35)33(25)43-45(38,39)40)30-21(34)19(16-11-44-24(27)29-16)31-42-17(23(36)37)10-41-14-4-5-15-12(7-14)3-6-18(28-15)32-8-13(26)9-32/h3-7,11,13,17,20H,8-10,26H2,1-2H3,(H2,27,29)(H,30,34)(H,36,37)(H,38,39,40)/b31-19-/t17-,20+/m0/s1. The number of carboxylic acids is 1. The molecule has 2 atom stereocenters. The molecular formula is C25H28N8O10S2. The molecule has 18 nitrogen and oxygen atoms in total. The van der Waals surface area contributed by atoms with Gasteiger partial charge < -0.3 is 36.4 Å². The van der Waals surface area contributed by atoms with Crippen LogP contribution in [0, 0.1) is 0 Å². The number of ether oxygens (including phenoxy) is 1. The fraction of sp³-hybridized carbons (Fsp3) is 0.360. The van der Waals surface area contributed by atoms with Gasteiger partial charge in [0.2, 0.25) is 0 Å². The molecule has 4 heterocycles. The molecule has 240 valence electrons. The molecule has 7 N–H and O–H groups in total. The number of hydrogen-bond acceptors (Lipinski definition) is 15. The van der Waals surface area contributed by atoms with Crippen molar-refractivity contribution in [1.82, 2.24) is 20.3 Å². The molecule has 2 aliphatic heterocycles. The summed E-state index contributed by atoms with van der Waals surface area (Å²) in [5.74, 6) is -2.35. The quantitative estimate of drug-likeness (QED) is 0.0708. The Balaban J connectivity index is 1.28. The van der Waals surface area contributed by atoms with Crippen LogP contribution in [-0.4, -0.2) is 100 Å². The van der Waals surface area contributed by atoms with E-state index in [-0.39, 0.29) is 16.9 Å². The molecule has 2 aromatic heterocycles. The maximum atomic E-state index is 13.2. The number of anilines is 2. The van der Waals surface area contributed by atoms with E-state index in [1.807, 2.05) is 12.1 Å². The normalized spacial score (nSPS) is 19.1. The highest BCUT2D eigenvalue weighted by atomic mass is 32.3. The van der Waals surface area contributed by atoms with Crippen molar-refractivity contribution in [2.75, 3.05) is 30.3 Å². The van der Waals surface area contributed by atoms with Crippen LogP contribution >= 0.6 is 11.3 Å². The molecule has 0 unspecified atom stereocenters. The number of benzene rings is 1. The summed E-state index contributed by atoms with van der Waals surface area (Å²) in [4.78, 5) is 53.5. The van der Waals surface area contributed by atoms with Crippen molar-refractivity contribution < 1.29 is 46.3 Å². The van der Waals surface area contributed by atoms with Crippen molar-refractivity contribution in [2.24, 2.45) is 10.9 Å². The molecule has 20 heteroatoms. The zero-order valence-electron chi connectivity index (χ0n) is 23.7. The Morgan fingerprint density at radius 3 is 2.58 bits per heavy atom. The summed E-state index contributed by atoms with van der Waals surface area (Å²) in [6, 6.07) is 7.53. The van der Waals surface area contributed by atoms with E-state index in [0.29, 0.717) is 16.3 Å². The number of nitrogens with zero attached hydrogens (tertiary/aromatic N) is 5. The summed E-state index contributed by atoms with van der Waals surface area (Å²) in [5, 5.41) is 18.4. The Labute approximate surface area is 259 Å². The van der Waals surface area contributed by atoms with Crippen LogP contribution in [0.1, 0.15) is 19.5 Å². The number of nitrogens with two attached hydrogens (primary N) is 2. The Morgan fingerprint density at radius 2 is 1.98 bits per heavy atom. The molecule has 2 amide bonds. The summed E-state index contributed by atoms with van der Waals surface area (Å²) in [5.41, 5.74) is 10.2. The van der Waals surface area contributed by atoms with Gasteiger partial charge in [-0.1, -0.05) is 5.16 Å². The molecule has 0 spiro atoms. The van der Waals surface area contributed by atoms with Crippen LogP contribution in [0.2, 0.25) is 0 Å². The zero-order chi connectivity index (χ0) is 32.7. The molecule has 0 aliphatic carbocycles. The highest BCUT2D eigenvalue weighted by Gasteiger charge is 2.58. The highest BCUT2D eigenvalue weighted by Crippen LogP contribution is 2.33. The van der Waals surface area contributed by atoms with Crippen molar-refractivity contribution >= 4 is 67.1 Å². The van der Waals surface area contributed by atoms with Crippen LogP contribution in [0.3, 0.4) is 0 Å². The molecule has 2 fully saturated rings. The van der Waals surface area contributed by atoms with E-state index in [4.69, 9.17) is 25.6 Å². The molecular weight excluding hydrogens is 636 g/mol. The molecule has 0 saturated carbocycles. The number of thiazole rings is 1. The van der Waals surface area contributed by atoms with Crippen molar-refractivity contribution in [3.63, 3.8) is 0 Å². The lowest BCUT2D eigenvalue weighted by atomic mass is 9.84. The zero-order valence-corrected chi connectivity index (χ0v) is 25.3. The molecule has 5 rings (SSSR count). The highest BCUT2D eigenvalue weighted by molar-refractivity contribution is 7.80. The van der Waals surface area contributed by atoms with Gasteiger partial charge in [-0.3, -0.25) is 14.1 Å². The second-order valence-electron chi connectivity index (χ2n) is 10.6. The van der Waals surface area contributed by atoms with Crippen molar-refractivity contribution in [3.05, 3.63) is 41.4 Å². The number of nitrogen functional groups attached to an aromatic ring is 1. The third-order valence-electron chi connectivity index (χ3n) is 6.93. The number of hydroxylamine groups is 2. The van der Waals surface area contributed by atoms with Crippen molar-refractivity contribution in [2.45, 2.75) is 37.6 Å². The van der Waals surface area contributed by atoms with Gasteiger partial charge in [0.15, 0.2) is 10.8 Å². The van der Waals surface area contributed by atoms with Gasteiger partial charge >= 0.3 is 16.4 Å². The van der Waals surface area contributed by atoms with Gasteiger partial charge in [-0.15, -0.1) is 15.6 Å². The first-order valence-electron chi connectivity index (χ1n) is 13.2. The van der Waals surface area contributed by atoms with E-state index >= 15 is 0 Å². The average molecular weight is 665 g/mol. The first-order valence-corrected chi connectivity index (χ1v) is 15.4. The van der Waals surface area contributed by atoms with E-state index in [0.717, 1.165) is 35.6 Å². The van der Waals surface area contributed by atoms with Gasteiger partial charge in [0.25, 0.3) is 17.9 Å². The molecule has 0 radical (unpaired) electrons. The van der Waals surface area contributed by atoms with E-state index < -0.39 is 58.2 Å². The number of carbonyl (C=O) groups is 3. The molecule has 2 aliphatic rings. The smallest absolute Gasteiger partial charge is 0.418 e. The lowest BCUT2D eigenvalue weighted by Crippen LogP contribution is -2.76. The number of hydrogen-bond donors (Lipinski definition) is 5. The van der Waals surface area contributed by atoms with E-state index in [1.54, 1.807) is 18.2 Å². The van der Waals surface area contributed by atoms with Gasteiger partial charge in [-0.25, -0.2) is 14.8 Å². The van der Waals surface area contributed by atoms with Crippen LogP contribution in [-0.2, 0) is 33.9 Å². The fourth-order valence-electron chi connectivity index (χ4n) is 4.51. The number of pyridine rings is 1. The summed E-state index contributed by atoms with van der Waals surface area (Å²) in [7, 11) is -5.02. The van der Waals surface area contributed by atoms with E-state index in [1.165, 1.54) is 19.2 Å². The predicted molar refractivity (Wildman–Crippen MR) is 158 cm³/mol. The van der Waals surface area contributed by atoms with Crippen LogP contribution in [0.5, 0.6) is 5.75 Å². The van der Waals surface area contributed by atoms with Crippen molar-refractivity contribution in [1.29, 1.82) is 0 Å². The first-order chi connectivity index (χ1) is 21.1. The third kappa shape index (κ3) is 6.88. The summed E-state index contributed by atoms with van der Waals surface area (Å²) < 4.78 is 41.0. The number of aliphatic carboxylic acids is 1. The Morgan fingerprint density at radius 1 is 1.24 bits per heavy atom. The number of nitrogens with one attached hydrogen (secondary N) is 1. The fourth-order valence-corrected chi connectivity index (χ4v) is 5.52. The maximum absolute atomic E-state index is 13.2. The van der Waals surface area contributed by atoms with Crippen LogP contribution < -0.4 is 26.4 Å². The number of aromatic nitrogens is 2. The van der Waals surface area contributed by atoms with E-state index in [2.05, 4.69) is 29.6 Å². The Bertz CT molecular complexity index is 1790.